The zero-order valence-electron chi connectivity index (χ0n) is 13.1. The first-order chi connectivity index (χ1) is 11.1. The number of carbonyl (C=O) groups is 1. The Morgan fingerprint density at radius 1 is 1.26 bits per heavy atom. The maximum Gasteiger partial charge on any atom is 0.248 e. The van der Waals surface area contributed by atoms with Crippen LogP contribution in [-0.2, 0) is 9.47 Å². The van der Waals surface area contributed by atoms with E-state index in [0.29, 0.717) is 25.4 Å². The minimum absolute atomic E-state index is 0.116. The van der Waals surface area contributed by atoms with Crippen molar-refractivity contribution in [3.8, 4) is 11.8 Å². The molecule has 122 valence electrons. The molecular weight excluding hydrogens is 294 g/mol. The first-order valence-electron chi connectivity index (χ1n) is 7.25. The molecule has 5 nitrogen and oxygen atoms in total. The molecule has 0 saturated heterocycles. The van der Waals surface area contributed by atoms with Gasteiger partial charge in [-0.3, -0.25) is 4.79 Å². The number of allylic oxidation sites excluding steroid dienone is 3. The van der Waals surface area contributed by atoms with Crippen LogP contribution in [-0.4, -0.2) is 37.4 Å². The highest BCUT2D eigenvalue weighted by Crippen LogP contribution is 2.02. The van der Waals surface area contributed by atoms with Gasteiger partial charge in [-0.15, -0.1) is 0 Å². The van der Waals surface area contributed by atoms with E-state index in [2.05, 4.69) is 11.8 Å². The molecule has 0 atom stereocenters. The third-order valence-corrected chi connectivity index (χ3v) is 2.68. The van der Waals surface area contributed by atoms with Gasteiger partial charge in [0.15, 0.2) is 0 Å². The van der Waals surface area contributed by atoms with Gasteiger partial charge in [0, 0.05) is 17.7 Å². The Bertz CT molecular complexity index is 606. The number of amides is 1. The SMILES string of the molecule is CCOCCOC/C(O)=C/C=C/C#Cc1ccc(C(N)=O)cc1. The number of ether oxygens (including phenoxy) is 2. The average molecular weight is 315 g/mol. The number of rotatable bonds is 8. The standard InChI is InChI=1S/C18H21NO4/c1-2-22-12-13-23-14-17(20)7-5-3-4-6-15-8-10-16(11-9-15)18(19)21/h3,5,7-11,20H,2,12-14H2,1H3,(H2,19,21)/b5-3+,17-7-. The van der Waals surface area contributed by atoms with Gasteiger partial charge < -0.3 is 20.3 Å². The number of hydrogen-bond acceptors (Lipinski definition) is 4. The van der Waals surface area contributed by atoms with Crippen LogP contribution in [0.1, 0.15) is 22.8 Å². The van der Waals surface area contributed by atoms with Crippen LogP contribution in [0.25, 0.3) is 0 Å². The second-order valence-electron chi connectivity index (χ2n) is 4.48. The third-order valence-electron chi connectivity index (χ3n) is 2.68. The number of benzene rings is 1. The minimum atomic E-state index is -0.464. The maximum atomic E-state index is 10.9. The Morgan fingerprint density at radius 3 is 2.61 bits per heavy atom. The number of aliphatic hydroxyl groups excluding tert-OH is 1. The molecule has 1 amide bonds. The fourth-order valence-electron chi connectivity index (χ4n) is 1.54. The van der Waals surface area contributed by atoms with Crippen LogP contribution in [0.5, 0.6) is 0 Å². The molecule has 0 bridgehead atoms. The van der Waals surface area contributed by atoms with Crippen LogP contribution < -0.4 is 5.73 Å². The number of carbonyl (C=O) groups excluding carboxylic acids is 1. The first-order valence-corrected chi connectivity index (χ1v) is 7.25. The number of aliphatic hydroxyl groups is 1. The second kappa shape index (κ2) is 11.1. The first kappa shape index (κ1) is 18.5. The van der Waals surface area contributed by atoms with Gasteiger partial charge in [0.25, 0.3) is 0 Å². The molecule has 0 fully saturated rings. The summed E-state index contributed by atoms with van der Waals surface area (Å²) in [6, 6.07) is 6.70. The van der Waals surface area contributed by atoms with Crippen molar-refractivity contribution in [1.29, 1.82) is 0 Å². The molecule has 0 unspecified atom stereocenters. The van der Waals surface area contributed by atoms with Gasteiger partial charge in [0.2, 0.25) is 5.91 Å². The summed E-state index contributed by atoms with van der Waals surface area (Å²) < 4.78 is 10.3. The van der Waals surface area contributed by atoms with Crippen LogP contribution >= 0.6 is 0 Å². The quantitative estimate of drug-likeness (QED) is 0.333. The zero-order chi connectivity index (χ0) is 16.9. The zero-order valence-corrected chi connectivity index (χ0v) is 13.1. The highest BCUT2D eigenvalue weighted by atomic mass is 16.5. The second-order valence-corrected chi connectivity index (χ2v) is 4.48. The van der Waals surface area contributed by atoms with E-state index in [-0.39, 0.29) is 12.4 Å². The molecule has 0 aromatic heterocycles. The van der Waals surface area contributed by atoms with E-state index in [4.69, 9.17) is 15.2 Å². The van der Waals surface area contributed by atoms with Crippen LogP contribution in [0.15, 0.2) is 48.3 Å². The molecule has 23 heavy (non-hydrogen) atoms. The van der Waals surface area contributed by atoms with E-state index in [1.54, 1.807) is 36.4 Å². The molecule has 1 rings (SSSR count). The molecule has 5 heteroatoms. The largest absolute Gasteiger partial charge is 0.510 e. The smallest absolute Gasteiger partial charge is 0.248 e. The van der Waals surface area contributed by atoms with E-state index in [1.165, 1.54) is 6.08 Å². The molecule has 1 aromatic carbocycles. The van der Waals surface area contributed by atoms with Crippen LogP contribution in [0.2, 0.25) is 0 Å². The Morgan fingerprint density at radius 2 is 1.96 bits per heavy atom. The molecule has 0 aliphatic rings. The van der Waals surface area contributed by atoms with Gasteiger partial charge in [0.1, 0.15) is 12.4 Å². The Labute approximate surface area is 136 Å². The van der Waals surface area contributed by atoms with Crippen LogP contribution in [0.4, 0.5) is 0 Å². The summed E-state index contributed by atoms with van der Waals surface area (Å²) in [5, 5.41) is 9.56. The Hall–Kier alpha value is -2.55. The van der Waals surface area contributed by atoms with Crippen molar-refractivity contribution in [2.45, 2.75) is 6.92 Å². The third kappa shape index (κ3) is 8.47. The van der Waals surface area contributed by atoms with Crippen LogP contribution in [0, 0.1) is 11.8 Å². The average Bonchev–Trinajstić information content (AvgIpc) is 2.54. The topological polar surface area (TPSA) is 81.8 Å². The summed E-state index contributed by atoms with van der Waals surface area (Å²) in [5.74, 6) is 5.38. The van der Waals surface area contributed by atoms with Gasteiger partial charge in [-0.25, -0.2) is 0 Å². The predicted octanol–water partition coefficient (Wildman–Crippen LogP) is 2.19. The summed E-state index contributed by atoms with van der Waals surface area (Å²) in [6.07, 6.45) is 4.76. The number of hydrogen-bond donors (Lipinski definition) is 2. The maximum absolute atomic E-state index is 10.9. The number of nitrogens with two attached hydrogens (primary N) is 1. The van der Waals surface area contributed by atoms with Crippen molar-refractivity contribution in [3.05, 3.63) is 59.4 Å². The monoisotopic (exact) mass is 315 g/mol. The van der Waals surface area contributed by atoms with Crippen molar-refractivity contribution < 1.29 is 19.4 Å². The van der Waals surface area contributed by atoms with Crippen molar-refractivity contribution in [2.75, 3.05) is 26.4 Å². The fourth-order valence-corrected chi connectivity index (χ4v) is 1.54. The summed E-state index contributed by atoms with van der Waals surface area (Å²) in [4.78, 5) is 10.9. The van der Waals surface area contributed by atoms with Crippen molar-refractivity contribution in [2.24, 2.45) is 5.73 Å². The number of primary amides is 1. The van der Waals surface area contributed by atoms with Gasteiger partial charge >= 0.3 is 0 Å². The molecule has 0 aliphatic heterocycles. The molecule has 3 N–H and O–H groups in total. The summed E-state index contributed by atoms with van der Waals surface area (Å²) in [7, 11) is 0. The lowest BCUT2D eigenvalue weighted by Gasteiger charge is -2.02. The molecule has 0 heterocycles. The van der Waals surface area contributed by atoms with Crippen molar-refractivity contribution in [1.82, 2.24) is 0 Å². The van der Waals surface area contributed by atoms with E-state index in [1.807, 2.05) is 6.92 Å². The molecule has 0 aliphatic carbocycles. The van der Waals surface area contributed by atoms with Gasteiger partial charge in [-0.1, -0.05) is 17.9 Å². The van der Waals surface area contributed by atoms with E-state index < -0.39 is 5.91 Å². The minimum Gasteiger partial charge on any atom is -0.510 e. The lowest BCUT2D eigenvalue weighted by atomic mass is 10.1. The summed E-state index contributed by atoms with van der Waals surface area (Å²) >= 11 is 0. The van der Waals surface area contributed by atoms with Gasteiger partial charge in [-0.2, -0.15) is 0 Å². The van der Waals surface area contributed by atoms with Crippen LogP contribution in [0.3, 0.4) is 0 Å². The molecule has 0 saturated carbocycles. The van der Waals surface area contributed by atoms with Gasteiger partial charge in [-0.05, 0) is 43.3 Å². The fraction of sp³-hybridized carbons (Fsp3) is 0.278. The summed E-state index contributed by atoms with van der Waals surface area (Å²) in [6.45, 7) is 3.66. The predicted molar refractivity (Wildman–Crippen MR) is 89.0 cm³/mol. The molecule has 1 aromatic rings. The molecule has 0 spiro atoms. The van der Waals surface area contributed by atoms with E-state index in [0.717, 1.165) is 5.56 Å². The lowest BCUT2D eigenvalue weighted by Crippen LogP contribution is -2.10. The Kier molecular flexibility index (Phi) is 8.91. The van der Waals surface area contributed by atoms with E-state index >= 15 is 0 Å². The Balaban J connectivity index is 2.37. The molecule has 0 radical (unpaired) electrons. The van der Waals surface area contributed by atoms with Crippen molar-refractivity contribution in [3.63, 3.8) is 0 Å². The molecular formula is C18H21NO4. The highest BCUT2D eigenvalue weighted by molar-refractivity contribution is 5.92. The normalized spacial score (nSPS) is 11.3. The van der Waals surface area contributed by atoms with E-state index in [9.17, 15) is 9.90 Å². The van der Waals surface area contributed by atoms with Crippen molar-refractivity contribution >= 4 is 5.91 Å². The lowest BCUT2D eigenvalue weighted by molar-refractivity contribution is 0.0525. The highest BCUT2D eigenvalue weighted by Gasteiger charge is 1.97. The summed E-state index contributed by atoms with van der Waals surface area (Å²) in [5.41, 5.74) is 6.37. The van der Waals surface area contributed by atoms with Gasteiger partial charge in [0.05, 0.1) is 13.2 Å².